The molecule has 7 heteroatoms. The van der Waals surface area contributed by atoms with Gasteiger partial charge >= 0.3 is 0 Å². The van der Waals surface area contributed by atoms with Crippen molar-refractivity contribution in [3.8, 4) is 0 Å². The molecule has 2 amide bonds. The molecule has 28 heavy (non-hydrogen) atoms. The highest BCUT2D eigenvalue weighted by Gasteiger charge is 2.19. The first-order chi connectivity index (χ1) is 13.7. The normalized spacial score (nSPS) is 20.1. The summed E-state index contributed by atoms with van der Waals surface area (Å²) in [5.74, 6) is -0.296. The van der Waals surface area contributed by atoms with Crippen LogP contribution in [0.2, 0.25) is 0 Å². The number of piperidine rings is 1. The van der Waals surface area contributed by atoms with Gasteiger partial charge in [-0.1, -0.05) is 12.8 Å². The van der Waals surface area contributed by atoms with E-state index >= 15 is 0 Å². The molecule has 148 valence electrons. The molecule has 1 aliphatic heterocycles. The zero-order valence-electron chi connectivity index (χ0n) is 16.0. The highest BCUT2D eigenvalue weighted by molar-refractivity contribution is 6.03. The molecule has 1 saturated heterocycles. The molecule has 1 aliphatic carbocycles. The van der Waals surface area contributed by atoms with E-state index in [1.54, 1.807) is 30.3 Å². The molecule has 2 fully saturated rings. The summed E-state index contributed by atoms with van der Waals surface area (Å²) in [6.07, 6.45) is 8.54. The lowest BCUT2D eigenvalue weighted by Gasteiger charge is -2.22. The van der Waals surface area contributed by atoms with Gasteiger partial charge in [-0.2, -0.15) is 5.10 Å². The minimum atomic E-state index is -0.245. The number of carbonyl (C=O) groups is 2. The van der Waals surface area contributed by atoms with Gasteiger partial charge in [-0.15, -0.1) is 0 Å². The van der Waals surface area contributed by atoms with Crippen molar-refractivity contribution in [2.45, 2.75) is 50.6 Å². The van der Waals surface area contributed by atoms with Gasteiger partial charge in [-0.3, -0.25) is 14.3 Å². The minimum Gasteiger partial charge on any atom is -0.349 e. The summed E-state index contributed by atoms with van der Waals surface area (Å²) in [5, 5.41) is 13.7. The molecule has 2 aliphatic rings. The molecule has 1 atom stereocenters. The second-order valence-corrected chi connectivity index (χ2v) is 7.67. The van der Waals surface area contributed by atoms with E-state index in [9.17, 15) is 9.59 Å². The average molecular weight is 381 g/mol. The van der Waals surface area contributed by atoms with E-state index in [0.717, 1.165) is 38.8 Å². The lowest BCUT2D eigenvalue weighted by Crippen LogP contribution is -2.32. The second kappa shape index (κ2) is 8.56. The van der Waals surface area contributed by atoms with Crippen LogP contribution in [0.5, 0.6) is 0 Å². The Hall–Kier alpha value is -2.67. The van der Waals surface area contributed by atoms with Crippen molar-refractivity contribution < 1.29 is 9.59 Å². The van der Waals surface area contributed by atoms with Gasteiger partial charge in [0.2, 0.25) is 0 Å². The zero-order valence-corrected chi connectivity index (χ0v) is 16.0. The molecule has 7 nitrogen and oxygen atoms in total. The first-order valence-electron chi connectivity index (χ1n) is 10.2. The van der Waals surface area contributed by atoms with Crippen LogP contribution in [0.3, 0.4) is 0 Å². The van der Waals surface area contributed by atoms with Gasteiger partial charge < -0.3 is 16.0 Å². The van der Waals surface area contributed by atoms with Gasteiger partial charge in [-0.25, -0.2) is 0 Å². The van der Waals surface area contributed by atoms with Crippen LogP contribution in [0.1, 0.15) is 65.4 Å². The van der Waals surface area contributed by atoms with Gasteiger partial charge in [-0.05, 0) is 62.6 Å². The van der Waals surface area contributed by atoms with Crippen LogP contribution >= 0.6 is 0 Å². The van der Waals surface area contributed by atoms with Crippen molar-refractivity contribution in [3.05, 3.63) is 47.8 Å². The van der Waals surface area contributed by atoms with Crippen molar-refractivity contribution in [2.75, 3.05) is 18.4 Å². The van der Waals surface area contributed by atoms with Crippen molar-refractivity contribution >= 4 is 17.5 Å². The smallest absolute Gasteiger partial charge is 0.276 e. The van der Waals surface area contributed by atoms with Crippen molar-refractivity contribution in [1.29, 1.82) is 0 Å². The zero-order chi connectivity index (χ0) is 19.3. The summed E-state index contributed by atoms with van der Waals surface area (Å²) < 4.78 is 1.87. The maximum absolute atomic E-state index is 12.5. The van der Waals surface area contributed by atoms with E-state index in [2.05, 4.69) is 21.0 Å². The summed E-state index contributed by atoms with van der Waals surface area (Å²) >= 11 is 0. The van der Waals surface area contributed by atoms with E-state index < -0.39 is 0 Å². The largest absolute Gasteiger partial charge is 0.349 e. The molecule has 1 saturated carbocycles. The molecule has 2 aromatic rings. The maximum Gasteiger partial charge on any atom is 0.276 e. The summed E-state index contributed by atoms with van der Waals surface area (Å²) in [7, 11) is 0. The van der Waals surface area contributed by atoms with Crippen LogP contribution in [-0.2, 0) is 0 Å². The van der Waals surface area contributed by atoms with Gasteiger partial charge in [0.15, 0.2) is 5.69 Å². The fourth-order valence-corrected chi connectivity index (χ4v) is 3.96. The number of benzene rings is 1. The Labute approximate surface area is 164 Å². The molecule has 2 heterocycles. The van der Waals surface area contributed by atoms with Crippen molar-refractivity contribution in [3.63, 3.8) is 0 Å². The molecule has 4 rings (SSSR count). The second-order valence-electron chi connectivity index (χ2n) is 7.67. The topological polar surface area (TPSA) is 88.0 Å². The van der Waals surface area contributed by atoms with Crippen molar-refractivity contribution in [2.24, 2.45) is 0 Å². The van der Waals surface area contributed by atoms with Gasteiger partial charge in [0.1, 0.15) is 0 Å². The predicted octanol–water partition coefficient (Wildman–Crippen LogP) is 2.73. The Balaban J connectivity index is 1.34. The number of nitrogens with zero attached hydrogens (tertiary/aromatic N) is 2. The summed E-state index contributed by atoms with van der Waals surface area (Å²) in [4.78, 5) is 24.8. The van der Waals surface area contributed by atoms with E-state index in [1.807, 2.05) is 10.9 Å². The van der Waals surface area contributed by atoms with E-state index in [1.165, 1.54) is 12.8 Å². The number of rotatable bonds is 5. The number of hydrogen-bond donors (Lipinski definition) is 3. The van der Waals surface area contributed by atoms with Crippen LogP contribution < -0.4 is 16.0 Å². The number of nitrogens with one attached hydrogen (secondary N) is 3. The molecule has 0 spiro atoms. The summed E-state index contributed by atoms with van der Waals surface area (Å²) in [6, 6.07) is 9.33. The molecule has 1 aromatic carbocycles. The Kier molecular flexibility index (Phi) is 5.71. The average Bonchev–Trinajstić information content (AvgIpc) is 3.41. The molecule has 0 radical (unpaired) electrons. The van der Waals surface area contributed by atoms with E-state index in [4.69, 9.17) is 0 Å². The fraction of sp³-hybridized carbons (Fsp3) is 0.476. The van der Waals surface area contributed by atoms with Crippen LogP contribution in [0.4, 0.5) is 5.69 Å². The highest BCUT2D eigenvalue weighted by atomic mass is 16.2. The number of aromatic nitrogens is 2. The maximum atomic E-state index is 12.5. The number of hydrogen-bond acceptors (Lipinski definition) is 4. The first kappa shape index (κ1) is 18.7. The number of amides is 2. The molecular weight excluding hydrogens is 354 g/mol. The van der Waals surface area contributed by atoms with Crippen LogP contribution in [0.25, 0.3) is 0 Å². The van der Waals surface area contributed by atoms with E-state index in [0.29, 0.717) is 29.0 Å². The van der Waals surface area contributed by atoms with Gasteiger partial charge in [0, 0.05) is 30.0 Å². The fourth-order valence-electron chi connectivity index (χ4n) is 3.96. The Morgan fingerprint density at radius 1 is 1.00 bits per heavy atom. The van der Waals surface area contributed by atoms with Crippen LogP contribution in [0.15, 0.2) is 36.5 Å². The predicted molar refractivity (Wildman–Crippen MR) is 107 cm³/mol. The first-order valence-corrected chi connectivity index (χ1v) is 10.2. The molecule has 1 aromatic heterocycles. The van der Waals surface area contributed by atoms with Crippen LogP contribution in [-0.4, -0.2) is 40.7 Å². The van der Waals surface area contributed by atoms with E-state index in [-0.39, 0.29) is 11.8 Å². The number of carbonyl (C=O) groups excluding carboxylic acids is 2. The van der Waals surface area contributed by atoms with Gasteiger partial charge in [0.25, 0.3) is 11.8 Å². The third-order valence-corrected chi connectivity index (χ3v) is 5.58. The standard InChI is InChI=1S/C21H27N5O2/c27-20(23-16-4-1-2-5-16)15-7-9-17(10-8-15)24-21(28)19-11-13-26(25-19)18-6-3-12-22-14-18/h7-11,13,16,18,22H,1-6,12,14H2,(H,23,27)(H,24,28). The molecule has 3 N–H and O–H groups in total. The third kappa shape index (κ3) is 4.42. The SMILES string of the molecule is O=C(NC1CCCC1)c1ccc(NC(=O)c2ccn(C3CCCNC3)n2)cc1. The monoisotopic (exact) mass is 381 g/mol. The minimum absolute atomic E-state index is 0.0513. The summed E-state index contributed by atoms with van der Waals surface area (Å²) in [5.41, 5.74) is 1.66. The molecule has 1 unspecified atom stereocenters. The number of anilines is 1. The Morgan fingerprint density at radius 2 is 1.79 bits per heavy atom. The highest BCUT2D eigenvalue weighted by Crippen LogP contribution is 2.19. The Morgan fingerprint density at radius 3 is 2.50 bits per heavy atom. The van der Waals surface area contributed by atoms with Crippen LogP contribution in [0, 0.1) is 0 Å². The quantitative estimate of drug-likeness (QED) is 0.743. The van der Waals surface area contributed by atoms with Gasteiger partial charge in [0.05, 0.1) is 6.04 Å². The van der Waals surface area contributed by atoms with Crippen molar-refractivity contribution in [1.82, 2.24) is 20.4 Å². The summed E-state index contributed by atoms with van der Waals surface area (Å²) in [6.45, 7) is 1.92. The lowest BCUT2D eigenvalue weighted by atomic mass is 10.1. The molecular formula is C21H27N5O2. The Bertz CT molecular complexity index is 818. The molecule has 0 bridgehead atoms. The third-order valence-electron chi connectivity index (χ3n) is 5.58. The lowest BCUT2D eigenvalue weighted by molar-refractivity contribution is 0.0937.